The molecule has 0 fully saturated rings. The third-order valence-corrected chi connectivity index (χ3v) is 6.13. The molecular formula is C22H23F3N6O3S. The van der Waals surface area contributed by atoms with Crippen LogP contribution >= 0.6 is 0 Å². The highest BCUT2D eigenvalue weighted by molar-refractivity contribution is 7.92. The second-order valence-corrected chi connectivity index (χ2v) is 9.48. The summed E-state index contributed by atoms with van der Waals surface area (Å²) in [4.78, 5) is 19.8. The first-order valence-electron chi connectivity index (χ1n) is 10.2. The van der Waals surface area contributed by atoms with Crippen LogP contribution in [0.15, 0.2) is 54.9 Å². The van der Waals surface area contributed by atoms with E-state index < -0.39 is 21.8 Å². The van der Waals surface area contributed by atoms with Gasteiger partial charge in [0, 0.05) is 55.9 Å². The quantitative estimate of drug-likeness (QED) is 0.426. The Morgan fingerprint density at radius 2 is 1.86 bits per heavy atom. The molecule has 3 rings (SSSR count). The predicted molar refractivity (Wildman–Crippen MR) is 127 cm³/mol. The van der Waals surface area contributed by atoms with Crippen LogP contribution in [0.3, 0.4) is 0 Å². The Morgan fingerprint density at radius 3 is 2.51 bits per heavy atom. The van der Waals surface area contributed by atoms with Gasteiger partial charge in [0.2, 0.25) is 10.0 Å². The van der Waals surface area contributed by atoms with Gasteiger partial charge in [0.1, 0.15) is 11.6 Å². The van der Waals surface area contributed by atoms with Crippen molar-refractivity contribution in [1.29, 1.82) is 0 Å². The Hall–Kier alpha value is -3.87. The zero-order valence-corrected chi connectivity index (χ0v) is 19.8. The van der Waals surface area contributed by atoms with Gasteiger partial charge in [-0.05, 0) is 24.3 Å². The van der Waals surface area contributed by atoms with Gasteiger partial charge in [0.05, 0.1) is 17.5 Å². The predicted octanol–water partition coefficient (Wildman–Crippen LogP) is 3.61. The smallest absolute Gasteiger partial charge is 0.380 e. The van der Waals surface area contributed by atoms with Crippen LogP contribution in [0.5, 0.6) is 0 Å². The number of pyridine rings is 2. The Balaban J connectivity index is 1.91. The van der Waals surface area contributed by atoms with Crippen LogP contribution in [0, 0.1) is 0 Å². The number of rotatable bonds is 8. The lowest BCUT2D eigenvalue weighted by molar-refractivity contribution is -0.137. The van der Waals surface area contributed by atoms with Gasteiger partial charge in [0.25, 0.3) is 5.91 Å². The zero-order valence-electron chi connectivity index (χ0n) is 19.0. The number of alkyl halides is 3. The van der Waals surface area contributed by atoms with E-state index in [0.29, 0.717) is 23.0 Å². The van der Waals surface area contributed by atoms with Gasteiger partial charge >= 0.3 is 6.18 Å². The fourth-order valence-corrected chi connectivity index (χ4v) is 3.60. The molecule has 1 aromatic carbocycles. The van der Waals surface area contributed by atoms with E-state index in [1.807, 2.05) is 0 Å². The van der Waals surface area contributed by atoms with Crippen molar-refractivity contribution in [1.82, 2.24) is 15.3 Å². The number of carbonyl (C=O) groups excluding carboxylic acids is 1. The topological polar surface area (TPSA) is 116 Å². The summed E-state index contributed by atoms with van der Waals surface area (Å²) < 4.78 is 65.7. The molecule has 3 N–H and O–H groups in total. The average molecular weight is 509 g/mol. The van der Waals surface area contributed by atoms with Crippen molar-refractivity contribution in [3.05, 3.63) is 71.5 Å². The van der Waals surface area contributed by atoms with Crippen molar-refractivity contribution >= 4 is 38.9 Å². The number of hydrogen-bond acceptors (Lipinski definition) is 7. The maximum atomic E-state index is 13.6. The van der Waals surface area contributed by atoms with Crippen molar-refractivity contribution in [2.24, 2.45) is 0 Å². The molecule has 13 heteroatoms. The second kappa shape index (κ2) is 10.2. The molecule has 2 heterocycles. The second-order valence-electron chi connectivity index (χ2n) is 7.47. The van der Waals surface area contributed by atoms with E-state index in [1.54, 1.807) is 30.3 Å². The minimum absolute atomic E-state index is 0.0921. The Kier molecular flexibility index (Phi) is 7.48. The third-order valence-electron chi connectivity index (χ3n) is 4.97. The summed E-state index contributed by atoms with van der Waals surface area (Å²) in [5.74, 6) is -0.119. The lowest BCUT2D eigenvalue weighted by atomic mass is 10.1. The highest BCUT2D eigenvalue weighted by Crippen LogP contribution is 2.36. The van der Waals surface area contributed by atoms with Crippen molar-refractivity contribution in [3.8, 4) is 0 Å². The molecule has 186 valence electrons. The number of carbonyl (C=O) groups is 1. The molecule has 0 aliphatic carbocycles. The lowest BCUT2D eigenvalue weighted by Gasteiger charge is -2.20. The van der Waals surface area contributed by atoms with Crippen LogP contribution in [0.25, 0.3) is 0 Å². The van der Waals surface area contributed by atoms with Crippen molar-refractivity contribution in [2.75, 3.05) is 35.3 Å². The average Bonchev–Trinajstić information content (AvgIpc) is 2.81. The number of nitrogens with one attached hydrogen (secondary N) is 3. The first-order chi connectivity index (χ1) is 16.4. The van der Waals surface area contributed by atoms with E-state index in [9.17, 15) is 26.4 Å². The molecule has 1 amide bonds. The maximum Gasteiger partial charge on any atom is 0.419 e. The number of benzene rings is 1. The summed E-state index contributed by atoms with van der Waals surface area (Å²) in [5.41, 5.74) is -0.0769. The minimum atomic E-state index is -4.69. The monoisotopic (exact) mass is 508 g/mol. The number of amides is 1. The molecular weight excluding hydrogens is 485 g/mol. The third kappa shape index (κ3) is 6.38. The van der Waals surface area contributed by atoms with Gasteiger partial charge in [0.15, 0.2) is 0 Å². The largest absolute Gasteiger partial charge is 0.419 e. The van der Waals surface area contributed by atoms with Gasteiger partial charge < -0.3 is 16.0 Å². The molecule has 0 bridgehead atoms. The van der Waals surface area contributed by atoms with Crippen LogP contribution in [0.2, 0.25) is 0 Å². The van der Waals surface area contributed by atoms with E-state index in [4.69, 9.17) is 0 Å². The van der Waals surface area contributed by atoms with Crippen LogP contribution in [-0.4, -0.2) is 44.6 Å². The summed E-state index contributed by atoms with van der Waals surface area (Å²) >= 11 is 0. The number of hydrogen-bond donors (Lipinski definition) is 3. The molecule has 0 saturated heterocycles. The van der Waals surface area contributed by atoms with Gasteiger partial charge in [-0.15, -0.1) is 0 Å². The minimum Gasteiger partial charge on any atom is -0.380 e. The fourth-order valence-electron chi connectivity index (χ4n) is 3.13. The highest BCUT2D eigenvalue weighted by atomic mass is 32.2. The molecule has 0 atom stereocenters. The maximum absolute atomic E-state index is 13.6. The van der Waals surface area contributed by atoms with Crippen LogP contribution in [0.4, 0.5) is 36.2 Å². The molecule has 35 heavy (non-hydrogen) atoms. The van der Waals surface area contributed by atoms with Gasteiger partial charge in [-0.25, -0.2) is 18.4 Å². The van der Waals surface area contributed by atoms with E-state index in [2.05, 4.69) is 25.9 Å². The Morgan fingerprint density at radius 1 is 1.11 bits per heavy atom. The van der Waals surface area contributed by atoms with Gasteiger partial charge in [-0.1, -0.05) is 12.1 Å². The molecule has 2 aromatic heterocycles. The standard InChI is InChI=1S/C22H23F3N6O3S/c1-26-21(32)14-6-4-8-16(10-14)30-19-11-18(17(13-29-19)22(23,24)25)28-12-15-7-5-9-27-20(15)31(2)35(3,33)34/h4-11,13H,12H2,1-3H3,(H,26,32)(H2,28,29,30). The Bertz CT molecular complexity index is 1330. The van der Waals surface area contributed by atoms with Crippen LogP contribution in [-0.2, 0) is 22.7 Å². The van der Waals surface area contributed by atoms with Gasteiger partial charge in [-0.3, -0.25) is 9.10 Å². The molecule has 0 aliphatic heterocycles. The lowest BCUT2D eigenvalue weighted by Crippen LogP contribution is -2.27. The molecule has 0 unspecified atom stereocenters. The fraction of sp³-hybridized carbons (Fsp3) is 0.227. The van der Waals surface area contributed by atoms with Crippen molar-refractivity contribution in [2.45, 2.75) is 12.7 Å². The molecule has 3 aromatic rings. The molecule has 0 spiro atoms. The van der Waals surface area contributed by atoms with Crippen LogP contribution in [0.1, 0.15) is 21.5 Å². The Labute approximate surface area is 200 Å². The molecule has 0 aliphatic rings. The van der Waals surface area contributed by atoms with Crippen molar-refractivity contribution < 1.29 is 26.4 Å². The van der Waals surface area contributed by atoms with E-state index in [-0.39, 0.29) is 29.8 Å². The molecule has 9 nitrogen and oxygen atoms in total. The van der Waals surface area contributed by atoms with E-state index in [1.165, 1.54) is 32.4 Å². The van der Waals surface area contributed by atoms with Crippen LogP contribution < -0.4 is 20.3 Å². The van der Waals surface area contributed by atoms with E-state index in [0.717, 1.165) is 10.6 Å². The van der Waals surface area contributed by atoms with Gasteiger partial charge in [-0.2, -0.15) is 13.2 Å². The van der Waals surface area contributed by atoms with E-state index >= 15 is 0 Å². The number of aromatic nitrogens is 2. The first kappa shape index (κ1) is 25.7. The normalized spacial score (nSPS) is 11.6. The number of sulfonamides is 1. The summed E-state index contributed by atoms with van der Waals surface area (Å²) in [7, 11) is -0.837. The SMILES string of the molecule is CNC(=O)c1cccc(Nc2cc(NCc3cccnc3N(C)S(C)(=O)=O)c(C(F)(F)F)cn2)c1. The summed E-state index contributed by atoms with van der Waals surface area (Å²) in [6.45, 7) is -0.137. The van der Waals surface area contributed by atoms with Crippen molar-refractivity contribution in [3.63, 3.8) is 0 Å². The number of anilines is 4. The molecule has 0 saturated carbocycles. The zero-order chi connectivity index (χ0) is 25.8. The summed E-state index contributed by atoms with van der Waals surface area (Å²) in [5, 5.41) is 8.11. The highest BCUT2D eigenvalue weighted by Gasteiger charge is 2.34. The number of nitrogens with zero attached hydrogens (tertiary/aromatic N) is 3. The summed E-state index contributed by atoms with van der Waals surface area (Å²) in [6, 6.07) is 10.7. The molecule has 0 radical (unpaired) electrons. The first-order valence-corrected chi connectivity index (χ1v) is 12.0. The number of halogens is 3. The summed E-state index contributed by atoms with van der Waals surface area (Å²) in [6.07, 6.45) is -1.60.